The standard InChI is InChI=1S/C3H9OSi/c1-4-5(2)3/h1-3H3/q-1. The molecule has 0 unspecified atom stereocenters. The molecule has 1 nitrogen and oxygen atoms in total. The van der Waals surface area contributed by atoms with E-state index in [2.05, 4.69) is 13.1 Å². The molecule has 0 spiro atoms. The van der Waals surface area contributed by atoms with Crippen molar-refractivity contribution in [3.63, 3.8) is 0 Å². The minimum Gasteiger partial charge on any atom is -0.591 e. The fraction of sp³-hybridized carbons (Fsp3) is 1.00. The van der Waals surface area contributed by atoms with E-state index < -0.39 is 0 Å². The second kappa shape index (κ2) is 2.42. The van der Waals surface area contributed by atoms with Crippen LogP contribution in [0.5, 0.6) is 0 Å². The Hall–Kier alpha value is 0.177. The Bertz CT molecular complexity index is 20.9. The van der Waals surface area contributed by atoms with Crippen LogP contribution in [0.3, 0.4) is 0 Å². The van der Waals surface area contributed by atoms with Gasteiger partial charge in [-0.15, -0.1) is 9.04 Å². The van der Waals surface area contributed by atoms with Crippen molar-refractivity contribution in [2.75, 3.05) is 7.11 Å². The Kier molecular flexibility index (Phi) is 2.50. The van der Waals surface area contributed by atoms with Gasteiger partial charge in [0.2, 0.25) is 0 Å². The lowest BCUT2D eigenvalue weighted by atomic mass is 11.8. The van der Waals surface area contributed by atoms with Gasteiger partial charge in [-0.2, -0.15) is 13.1 Å². The average Bonchev–Trinajstić information content (AvgIpc) is 1.38. The van der Waals surface area contributed by atoms with E-state index in [0.717, 1.165) is 0 Å². The zero-order valence-corrected chi connectivity index (χ0v) is 4.91. The van der Waals surface area contributed by atoms with Crippen LogP contribution in [0.4, 0.5) is 0 Å². The van der Waals surface area contributed by atoms with Crippen molar-refractivity contribution in [3.05, 3.63) is 0 Å². The van der Waals surface area contributed by atoms with Crippen molar-refractivity contribution in [1.29, 1.82) is 0 Å². The first kappa shape index (κ1) is 5.18. The van der Waals surface area contributed by atoms with Gasteiger partial charge in [0.05, 0.1) is 0 Å². The summed E-state index contributed by atoms with van der Waals surface area (Å²) in [5.41, 5.74) is 0. The molecule has 0 amide bonds. The van der Waals surface area contributed by atoms with Crippen molar-refractivity contribution in [3.8, 4) is 0 Å². The molecule has 0 radical (unpaired) electrons. The second-order valence-electron chi connectivity index (χ2n) is 1.11. The van der Waals surface area contributed by atoms with Gasteiger partial charge in [0.1, 0.15) is 0 Å². The van der Waals surface area contributed by atoms with Gasteiger partial charge in [-0.25, -0.2) is 0 Å². The summed E-state index contributed by atoms with van der Waals surface area (Å²) in [6.45, 7) is 4.20. The van der Waals surface area contributed by atoms with E-state index in [4.69, 9.17) is 4.43 Å². The van der Waals surface area contributed by atoms with Crippen molar-refractivity contribution >= 4 is 9.04 Å². The fourth-order valence-corrected chi connectivity index (χ4v) is 0. The maximum absolute atomic E-state index is 4.85. The first-order chi connectivity index (χ1) is 2.27. The third-order valence-corrected chi connectivity index (χ3v) is 1.22. The Morgan fingerprint density at radius 3 is 1.60 bits per heavy atom. The van der Waals surface area contributed by atoms with E-state index in [1.807, 2.05) is 0 Å². The summed E-state index contributed by atoms with van der Waals surface area (Å²) < 4.78 is 4.85. The lowest BCUT2D eigenvalue weighted by molar-refractivity contribution is 0.430. The van der Waals surface area contributed by atoms with Crippen LogP contribution in [0.25, 0.3) is 0 Å². The molecular weight excluding hydrogens is 80.1 g/mol. The topological polar surface area (TPSA) is 9.23 Å². The average molecular weight is 89.2 g/mol. The van der Waals surface area contributed by atoms with Crippen molar-refractivity contribution < 1.29 is 4.43 Å². The van der Waals surface area contributed by atoms with E-state index in [-0.39, 0.29) is 9.04 Å². The Balaban J connectivity index is 2.54. The number of rotatable bonds is 1. The van der Waals surface area contributed by atoms with E-state index in [1.54, 1.807) is 7.11 Å². The van der Waals surface area contributed by atoms with Crippen molar-refractivity contribution in [2.24, 2.45) is 0 Å². The van der Waals surface area contributed by atoms with Gasteiger partial charge in [0.25, 0.3) is 0 Å². The van der Waals surface area contributed by atoms with E-state index in [9.17, 15) is 0 Å². The van der Waals surface area contributed by atoms with Crippen LogP contribution in [-0.4, -0.2) is 16.2 Å². The van der Waals surface area contributed by atoms with Gasteiger partial charge in [0.15, 0.2) is 0 Å². The predicted octanol–water partition coefficient (Wildman–Crippen LogP) is 0.884. The van der Waals surface area contributed by atoms with Crippen LogP contribution in [0.15, 0.2) is 0 Å². The summed E-state index contributed by atoms with van der Waals surface area (Å²) in [4.78, 5) is 0. The molecular formula is C3H9OSi-. The number of hydrogen-bond donors (Lipinski definition) is 0. The third kappa shape index (κ3) is 4.18. The van der Waals surface area contributed by atoms with Gasteiger partial charge >= 0.3 is 0 Å². The highest BCUT2D eigenvalue weighted by Gasteiger charge is 1.62. The predicted molar refractivity (Wildman–Crippen MR) is 24.5 cm³/mol. The van der Waals surface area contributed by atoms with Gasteiger partial charge in [0, 0.05) is 0 Å². The van der Waals surface area contributed by atoms with Crippen LogP contribution in [0.1, 0.15) is 0 Å². The van der Waals surface area contributed by atoms with Crippen LogP contribution in [0.2, 0.25) is 13.1 Å². The van der Waals surface area contributed by atoms with Crippen LogP contribution in [-0.2, 0) is 4.43 Å². The van der Waals surface area contributed by atoms with Gasteiger partial charge < -0.3 is 4.43 Å². The highest BCUT2D eigenvalue weighted by atomic mass is 28.3. The molecule has 0 heterocycles. The highest BCUT2D eigenvalue weighted by Crippen LogP contribution is 1.73. The largest absolute Gasteiger partial charge is 0.591 e. The fourth-order valence-electron chi connectivity index (χ4n) is 0. The molecule has 0 aliphatic heterocycles. The molecule has 0 bridgehead atoms. The molecule has 0 aliphatic rings. The molecule has 0 saturated heterocycles. The highest BCUT2D eigenvalue weighted by molar-refractivity contribution is 6.48. The molecule has 0 aliphatic carbocycles. The summed E-state index contributed by atoms with van der Waals surface area (Å²) in [5.74, 6) is 0. The first-order valence-corrected chi connectivity index (χ1v) is 4.02. The number of hydrogen-bond acceptors (Lipinski definition) is 1. The summed E-state index contributed by atoms with van der Waals surface area (Å²) in [5, 5.41) is 0. The first-order valence-electron chi connectivity index (χ1n) is 1.61. The summed E-state index contributed by atoms with van der Waals surface area (Å²) >= 11 is 0. The lowest BCUT2D eigenvalue weighted by Gasteiger charge is -2.11. The monoisotopic (exact) mass is 89.0 g/mol. The Morgan fingerprint density at radius 2 is 1.60 bits per heavy atom. The molecule has 0 atom stereocenters. The molecule has 32 valence electrons. The Morgan fingerprint density at radius 1 is 1.40 bits per heavy atom. The molecule has 0 fully saturated rings. The third-order valence-electron chi connectivity index (χ3n) is 0.408. The molecule has 2 heteroatoms. The van der Waals surface area contributed by atoms with Crippen LogP contribution < -0.4 is 0 Å². The summed E-state index contributed by atoms with van der Waals surface area (Å²) in [6, 6.07) is 0. The summed E-state index contributed by atoms with van der Waals surface area (Å²) in [7, 11) is 1.37. The molecule has 0 saturated carbocycles. The van der Waals surface area contributed by atoms with Gasteiger partial charge in [-0.05, 0) is 7.11 Å². The minimum atomic E-state index is -0.374. The van der Waals surface area contributed by atoms with E-state index in [1.165, 1.54) is 0 Å². The van der Waals surface area contributed by atoms with E-state index >= 15 is 0 Å². The zero-order chi connectivity index (χ0) is 4.28. The van der Waals surface area contributed by atoms with Crippen molar-refractivity contribution in [1.82, 2.24) is 0 Å². The van der Waals surface area contributed by atoms with Crippen LogP contribution >= 0.6 is 0 Å². The van der Waals surface area contributed by atoms with Crippen molar-refractivity contribution in [2.45, 2.75) is 13.1 Å². The van der Waals surface area contributed by atoms with Crippen LogP contribution in [0, 0.1) is 0 Å². The SMILES string of the molecule is CO[Si-](C)C. The maximum Gasteiger partial charge on any atom is -0.0102 e. The van der Waals surface area contributed by atoms with Gasteiger partial charge in [-0.3, -0.25) is 0 Å². The molecule has 0 aromatic rings. The molecule has 5 heavy (non-hydrogen) atoms. The lowest BCUT2D eigenvalue weighted by Crippen LogP contribution is -2.00. The zero-order valence-electron chi connectivity index (χ0n) is 3.91. The molecule has 0 N–H and O–H groups in total. The molecule has 0 aromatic carbocycles. The maximum atomic E-state index is 4.85. The van der Waals surface area contributed by atoms with Gasteiger partial charge in [-0.1, -0.05) is 0 Å². The molecule has 0 aromatic heterocycles. The summed E-state index contributed by atoms with van der Waals surface area (Å²) in [6.07, 6.45) is 0. The smallest absolute Gasteiger partial charge is 0.0102 e. The molecule has 0 rings (SSSR count). The van der Waals surface area contributed by atoms with E-state index in [0.29, 0.717) is 0 Å². The normalized spacial score (nSPS) is 9.60. The Labute approximate surface area is 34.7 Å². The second-order valence-corrected chi connectivity index (χ2v) is 3.34. The quantitative estimate of drug-likeness (QED) is 0.433. The minimum absolute atomic E-state index is 0.374.